The van der Waals surface area contributed by atoms with Crippen molar-refractivity contribution in [1.82, 2.24) is 0 Å². The summed E-state index contributed by atoms with van der Waals surface area (Å²) in [6.07, 6.45) is 0. The predicted molar refractivity (Wildman–Crippen MR) is 40.7 cm³/mol. The molecule has 5 nitrogen and oxygen atoms in total. The topological polar surface area (TPSA) is 83.6 Å². The van der Waals surface area contributed by atoms with Crippen LogP contribution in [0, 0.1) is 10.1 Å². The Bertz CT molecular complexity index is 310. The second-order valence-electron chi connectivity index (χ2n) is 2.23. The Morgan fingerprint density at radius 1 is 1.50 bits per heavy atom. The third kappa shape index (κ3) is 1.51. The molecule has 0 bridgehead atoms. The molecule has 0 unspecified atom stereocenters. The molecule has 1 rings (SSSR count). The molecular weight excluding hydrogens is 162 g/mol. The molecule has 1 aromatic carbocycles. The summed E-state index contributed by atoms with van der Waals surface area (Å²) in [5.41, 5.74) is 0.0882. The first-order valence-electron chi connectivity index (χ1n) is 3.22. The van der Waals surface area contributed by atoms with Crippen LogP contribution in [-0.4, -0.2) is 15.1 Å². The summed E-state index contributed by atoms with van der Waals surface area (Å²) in [4.78, 5) is 9.57. The Morgan fingerprint density at radius 2 is 2.17 bits per heavy atom. The lowest BCUT2D eigenvalue weighted by atomic mass is 10.2. The van der Waals surface area contributed by atoms with Crippen molar-refractivity contribution in [3.63, 3.8) is 0 Å². The molecule has 0 fully saturated rings. The van der Waals surface area contributed by atoms with Gasteiger partial charge in [0, 0.05) is 11.6 Å². The summed E-state index contributed by atoms with van der Waals surface area (Å²) in [7, 11) is 0. The third-order valence-electron chi connectivity index (χ3n) is 1.45. The van der Waals surface area contributed by atoms with E-state index in [0.717, 1.165) is 6.07 Å². The zero-order chi connectivity index (χ0) is 9.14. The number of benzene rings is 1. The maximum Gasteiger partial charge on any atom is 0.273 e. The second-order valence-corrected chi connectivity index (χ2v) is 2.23. The van der Waals surface area contributed by atoms with E-state index in [0.29, 0.717) is 0 Å². The van der Waals surface area contributed by atoms with Gasteiger partial charge in [0.05, 0.1) is 17.6 Å². The van der Waals surface area contributed by atoms with E-state index in [-0.39, 0.29) is 23.6 Å². The predicted octanol–water partition coefficient (Wildman–Crippen LogP) is 0.793. The van der Waals surface area contributed by atoms with Crippen LogP contribution in [-0.2, 0) is 6.61 Å². The van der Waals surface area contributed by atoms with Crippen molar-refractivity contribution < 1.29 is 15.1 Å². The zero-order valence-electron chi connectivity index (χ0n) is 6.10. The Kier molecular flexibility index (Phi) is 2.25. The SMILES string of the molecule is O=[N+]([O-])c1ccc(CO)c(O)c1. The minimum atomic E-state index is -0.610. The molecule has 0 aliphatic heterocycles. The van der Waals surface area contributed by atoms with Gasteiger partial charge in [-0.3, -0.25) is 10.1 Å². The van der Waals surface area contributed by atoms with Crippen molar-refractivity contribution in [1.29, 1.82) is 0 Å². The molecule has 0 amide bonds. The van der Waals surface area contributed by atoms with E-state index in [9.17, 15) is 10.1 Å². The highest BCUT2D eigenvalue weighted by Crippen LogP contribution is 2.22. The van der Waals surface area contributed by atoms with E-state index in [4.69, 9.17) is 10.2 Å². The number of nitro benzene ring substituents is 1. The van der Waals surface area contributed by atoms with Crippen LogP contribution in [0.5, 0.6) is 5.75 Å². The molecule has 1 aromatic rings. The number of aliphatic hydroxyl groups is 1. The van der Waals surface area contributed by atoms with Gasteiger partial charge in [-0.1, -0.05) is 0 Å². The van der Waals surface area contributed by atoms with Crippen molar-refractivity contribution in [2.24, 2.45) is 0 Å². The molecule has 2 N–H and O–H groups in total. The van der Waals surface area contributed by atoms with Gasteiger partial charge in [0.1, 0.15) is 5.75 Å². The lowest BCUT2D eigenvalue weighted by molar-refractivity contribution is -0.384. The quantitative estimate of drug-likeness (QED) is 0.506. The highest BCUT2D eigenvalue weighted by Gasteiger charge is 2.08. The number of hydrogen-bond donors (Lipinski definition) is 2. The maximum atomic E-state index is 10.2. The van der Waals surface area contributed by atoms with Crippen molar-refractivity contribution >= 4 is 5.69 Å². The Hall–Kier alpha value is -1.62. The number of nitrogens with zero attached hydrogens (tertiary/aromatic N) is 1. The van der Waals surface area contributed by atoms with Crippen LogP contribution in [0.4, 0.5) is 5.69 Å². The lowest BCUT2D eigenvalue weighted by Gasteiger charge is -1.98. The van der Waals surface area contributed by atoms with Gasteiger partial charge in [0.2, 0.25) is 0 Å². The monoisotopic (exact) mass is 169 g/mol. The first-order chi connectivity index (χ1) is 5.65. The van der Waals surface area contributed by atoms with Crippen LogP contribution in [0.1, 0.15) is 5.56 Å². The normalized spacial score (nSPS) is 9.75. The standard InChI is InChI=1S/C7H7NO4/c9-4-5-1-2-6(8(11)12)3-7(5)10/h1-3,9-10H,4H2. The van der Waals surface area contributed by atoms with Crippen LogP contribution in [0.15, 0.2) is 18.2 Å². The molecule has 0 saturated carbocycles. The maximum absolute atomic E-state index is 10.2. The highest BCUT2D eigenvalue weighted by molar-refractivity contribution is 5.42. The number of aromatic hydroxyl groups is 1. The first-order valence-corrected chi connectivity index (χ1v) is 3.22. The molecule has 12 heavy (non-hydrogen) atoms. The third-order valence-corrected chi connectivity index (χ3v) is 1.45. The summed E-state index contributed by atoms with van der Waals surface area (Å²) >= 11 is 0. The largest absolute Gasteiger partial charge is 0.507 e. The molecule has 0 aliphatic carbocycles. The van der Waals surface area contributed by atoms with Gasteiger partial charge in [-0.2, -0.15) is 0 Å². The molecule has 0 aliphatic rings. The van der Waals surface area contributed by atoms with E-state index in [2.05, 4.69) is 0 Å². The van der Waals surface area contributed by atoms with E-state index >= 15 is 0 Å². The second kappa shape index (κ2) is 3.19. The molecule has 64 valence electrons. The van der Waals surface area contributed by atoms with Gasteiger partial charge in [-0.15, -0.1) is 0 Å². The first kappa shape index (κ1) is 8.48. The fourth-order valence-corrected chi connectivity index (χ4v) is 0.800. The fraction of sp³-hybridized carbons (Fsp3) is 0.143. The summed E-state index contributed by atoms with van der Waals surface area (Å²) in [5, 5.41) is 27.9. The summed E-state index contributed by atoms with van der Waals surface area (Å²) in [5.74, 6) is -0.258. The smallest absolute Gasteiger partial charge is 0.273 e. The molecule has 5 heteroatoms. The number of aliphatic hydroxyl groups excluding tert-OH is 1. The van der Waals surface area contributed by atoms with Crippen molar-refractivity contribution in [2.75, 3.05) is 0 Å². The van der Waals surface area contributed by atoms with Crippen LogP contribution in [0.2, 0.25) is 0 Å². The van der Waals surface area contributed by atoms with Gasteiger partial charge in [-0.05, 0) is 6.07 Å². The Morgan fingerprint density at radius 3 is 2.58 bits per heavy atom. The van der Waals surface area contributed by atoms with Gasteiger partial charge < -0.3 is 10.2 Å². The molecule has 0 spiro atoms. The van der Waals surface area contributed by atoms with E-state index in [1.54, 1.807) is 0 Å². The molecule has 0 radical (unpaired) electrons. The van der Waals surface area contributed by atoms with Crippen LogP contribution in [0.3, 0.4) is 0 Å². The van der Waals surface area contributed by atoms with Crippen LogP contribution >= 0.6 is 0 Å². The van der Waals surface area contributed by atoms with Gasteiger partial charge >= 0.3 is 0 Å². The van der Waals surface area contributed by atoms with Crippen molar-refractivity contribution in [2.45, 2.75) is 6.61 Å². The average Bonchev–Trinajstić information content (AvgIpc) is 2.04. The molecule has 0 aromatic heterocycles. The number of hydrogen-bond acceptors (Lipinski definition) is 4. The van der Waals surface area contributed by atoms with Crippen molar-refractivity contribution in [3.8, 4) is 5.75 Å². The average molecular weight is 169 g/mol. The number of non-ortho nitro benzene ring substituents is 1. The number of phenols is 1. The van der Waals surface area contributed by atoms with Gasteiger partial charge in [0.25, 0.3) is 5.69 Å². The van der Waals surface area contributed by atoms with Gasteiger partial charge in [-0.25, -0.2) is 0 Å². The van der Waals surface area contributed by atoms with E-state index in [1.165, 1.54) is 12.1 Å². The molecule has 0 saturated heterocycles. The van der Waals surface area contributed by atoms with E-state index in [1.807, 2.05) is 0 Å². The molecular formula is C7H7NO4. The summed E-state index contributed by atoms with van der Waals surface area (Å²) < 4.78 is 0. The van der Waals surface area contributed by atoms with Crippen molar-refractivity contribution in [3.05, 3.63) is 33.9 Å². The minimum absolute atomic E-state index is 0.190. The van der Waals surface area contributed by atoms with Gasteiger partial charge in [0.15, 0.2) is 0 Å². The molecule has 0 heterocycles. The number of rotatable bonds is 2. The Labute approximate surface area is 68.0 Å². The number of nitro groups is 1. The lowest BCUT2D eigenvalue weighted by Crippen LogP contribution is -1.89. The highest BCUT2D eigenvalue weighted by atomic mass is 16.6. The fourth-order valence-electron chi connectivity index (χ4n) is 0.800. The summed E-state index contributed by atoms with van der Waals surface area (Å²) in [6, 6.07) is 3.55. The van der Waals surface area contributed by atoms with E-state index < -0.39 is 4.92 Å². The summed E-state index contributed by atoms with van der Waals surface area (Å²) in [6.45, 7) is -0.330. The van der Waals surface area contributed by atoms with Crippen LogP contribution in [0.25, 0.3) is 0 Å². The molecule has 0 atom stereocenters. The minimum Gasteiger partial charge on any atom is -0.507 e. The Balaban J connectivity index is 3.10. The van der Waals surface area contributed by atoms with Crippen LogP contribution < -0.4 is 0 Å². The zero-order valence-corrected chi connectivity index (χ0v) is 6.10.